The molecule has 4 rings (SSSR count). The first-order chi connectivity index (χ1) is 15.7. The van der Waals surface area contributed by atoms with E-state index in [0.717, 1.165) is 25.7 Å². The molecule has 0 bridgehead atoms. The van der Waals surface area contributed by atoms with Crippen LogP contribution in [0.25, 0.3) is 0 Å². The van der Waals surface area contributed by atoms with E-state index >= 15 is 0 Å². The number of aryl methyl sites for hydroxylation is 4. The lowest BCUT2D eigenvalue weighted by atomic mass is 10.2. The monoisotopic (exact) mass is 428 g/mol. The van der Waals surface area contributed by atoms with E-state index in [4.69, 9.17) is 0 Å². The molecule has 4 heteroatoms. The van der Waals surface area contributed by atoms with Crippen LogP contribution < -0.4 is 0 Å². The first-order valence-electron chi connectivity index (χ1n) is 11.3. The van der Waals surface area contributed by atoms with Gasteiger partial charge in [0.15, 0.2) is 0 Å². The maximum absolute atomic E-state index is 3.96. The van der Waals surface area contributed by atoms with Crippen molar-refractivity contribution in [2.75, 3.05) is 0 Å². The normalized spacial score (nSPS) is 9.12. The zero-order valence-corrected chi connectivity index (χ0v) is 19.9. The highest BCUT2D eigenvalue weighted by Gasteiger charge is 1.83. The van der Waals surface area contributed by atoms with Crippen LogP contribution in [0.5, 0.6) is 0 Å². The molecule has 0 radical (unpaired) electrons. The minimum absolute atomic E-state index is 1.08. The summed E-state index contributed by atoms with van der Waals surface area (Å²) in [5.41, 5.74) is 5.19. The Labute approximate surface area is 193 Å². The van der Waals surface area contributed by atoms with Crippen LogP contribution in [0.15, 0.2) is 98.1 Å². The van der Waals surface area contributed by atoms with Gasteiger partial charge in [-0.15, -0.1) is 0 Å². The van der Waals surface area contributed by atoms with E-state index in [2.05, 4.69) is 71.9 Å². The van der Waals surface area contributed by atoms with Gasteiger partial charge in [0, 0.05) is 49.6 Å². The maximum atomic E-state index is 3.96. The topological polar surface area (TPSA) is 51.6 Å². The predicted molar refractivity (Wildman–Crippen MR) is 134 cm³/mol. The van der Waals surface area contributed by atoms with Crippen molar-refractivity contribution in [3.63, 3.8) is 0 Å². The van der Waals surface area contributed by atoms with Crippen molar-refractivity contribution in [1.82, 2.24) is 19.9 Å². The van der Waals surface area contributed by atoms with Crippen molar-refractivity contribution in [2.45, 2.75) is 53.4 Å². The lowest BCUT2D eigenvalue weighted by molar-refractivity contribution is 1.10. The van der Waals surface area contributed by atoms with Crippen molar-refractivity contribution < 1.29 is 0 Å². The number of nitrogens with zero attached hydrogens (tertiary/aromatic N) is 4. The molecule has 168 valence electrons. The Morgan fingerprint density at radius 2 is 0.625 bits per heavy atom. The van der Waals surface area contributed by atoms with E-state index in [1.165, 1.54) is 22.3 Å². The Bertz CT molecular complexity index is 741. The standard InChI is InChI=1S/4C7H9N/c4*1-2-7-4-3-5-8-6-7/h4*3-6H,2H2,1H3. The summed E-state index contributed by atoms with van der Waals surface area (Å²) in [4.78, 5) is 15.8. The first-order valence-corrected chi connectivity index (χ1v) is 11.3. The van der Waals surface area contributed by atoms with Gasteiger partial charge in [-0.3, -0.25) is 19.9 Å². The molecular formula is C28H36N4. The SMILES string of the molecule is CCc1cccnc1.CCc1cccnc1.CCc1cccnc1.CCc1cccnc1. The molecule has 0 saturated carbocycles. The second-order valence-electron chi connectivity index (χ2n) is 6.86. The summed E-state index contributed by atoms with van der Waals surface area (Å²) in [7, 11) is 0. The molecule has 4 aromatic rings. The summed E-state index contributed by atoms with van der Waals surface area (Å²) in [5.74, 6) is 0. The van der Waals surface area contributed by atoms with Crippen molar-refractivity contribution in [1.29, 1.82) is 0 Å². The van der Waals surface area contributed by atoms with Crippen LogP contribution in [0.1, 0.15) is 49.9 Å². The highest BCUT2D eigenvalue weighted by molar-refractivity contribution is 5.09. The zero-order chi connectivity index (χ0) is 23.3. The van der Waals surface area contributed by atoms with Crippen LogP contribution >= 0.6 is 0 Å². The average Bonchev–Trinajstić information content (AvgIpc) is 2.91. The second kappa shape index (κ2) is 18.4. The molecule has 0 N–H and O–H groups in total. The Morgan fingerprint density at radius 3 is 0.719 bits per heavy atom. The second-order valence-corrected chi connectivity index (χ2v) is 6.86. The molecule has 4 nitrogen and oxygen atoms in total. The van der Waals surface area contributed by atoms with Gasteiger partial charge in [0.2, 0.25) is 0 Å². The summed E-state index contributed by atoms with van der Waals surface area (Å²) in [6, 6.07) is 16.1. The van der Waals surface area contributed by atoms with Crippen molar-refractivity contribution in [3.8, 4) is 0 Å². The van der Waals surface area contributed by atoms with Crippen LogP contribution in [-0.4, -0.2) is 19.9 Å². The smallest absolute Gasteiger partial charge is 0.0299 e. The third-order valence-corrected chi connectivity index (χ3v) is 4.52. The van der Waals surface area contributed by atoms with Crippen LogP contribution in [0.2, 0.25) is 0 Å². The van der Waals surface area contributed by atoms with Gasteiger partial charge in [-0.2, -0.15) is 0 Å². The van der Waals surface area contributed by atoms with Gasteiger partial charge in [0.1, 0.15) is 0 Å². The predicted octanol–water partition coefficient (Wildman–Crippen LogP) is 6.58. The molecule has 32 heavy (non-hydrogen) atoms. The first kappa shape index (κ1) is 26.6. The number of hydrogen-bond acceptors (Lipinski definition) is 4. The molecule has 0 aliphatic heterocycles. The molecule has 0 atom stereocenters. The highest BCUT2D eigenvalue weighted by atomic mass is 14.6. The van der Waals surface area contributed by atoms with Gasteiger partial charge < -0.3 is 0 Å². The van der Waals surface area contributed by atoms with Crippen molar-refractivity contribution in [3.05, 3.63) is 120 Å². The molecule has 0 saturated heterocycles. The van der Waals surface area contributed by atoms with Gasteiger partial charge in [-0.05, 0) is 72.2 Å². The third kappa shape index (κ3) is 13.0. The Balaban J connectivity index is 0.000000213. The van der Waals surface area contributed by atoms with Gasteiger partial charge in [-0.1, -0.05) is 52.0 Å². The fourth-order valence-corrected chi connectivity index (χ4v) is 2.43. The minimum Gasteiger partial charge on any atom is -0.264 e. The summed E-state index contributed by atoms with van der Waals surface area (Å²) >= 11 is 0. The summed E-state index contributed by atoms with van der Waals surface area (Å²) < 4.78 is 0. The molecule has 0 aliphatic carbocycles. The molecule has 4 aromatic heterocycles. The van der Waals surface area contributed by atoms with Crippen molar-refractivity contribution in [2.24, 2.45) is 0 Å². The number of pyridine rings is 4. The van der Waals surface area contributed by atoms with E-state index in [1.807, 2.05) is 49.1 Å². The van der Waals surface area contributed by atoms with E-state index in [1.54, 1.807) is 24.8 Å². The molecule has 0 aromatic carbocycles. The zero-order valence-electron chi connectivity index (χ0n) is 19.9. The van der Waals surface area contributed by atoms with Gasteiger partial charge >= 0.3 is 0 Å². The summed E-state index contributed by atoms with van der Waals surface area (Å²) in [6.45, 7) is 8.49. The molecule has 0 fully saturated rings. The summed E-state index contributed by atoms with van der Waals surface area (Å²) in [6.07, 6.45) is 19.0. The molecule has 0 aliphatic rings. The quantitative estimate of drug-likeness (QED) is 0.368. The molecule has 0 amide bonds. The van der Waals surface area contributed by atoms with E-state index in [9.17, 15) is 0 Å². The van der Waals surface area contributed by atoms with Gasteiger partial charge in [-0.25, -0.2) is 0 Å². The van der Waals surface area contributed by atoms with Gasteiger partial charge in [0.05, 0.1) is 0 Å². The fourth-order valence-electron chi connectivity index (χ4n) is 2.43. The molecule has 0 spiro atoms. The van der Waals surface area contributed by atoms with E-state index in [0.29, 0.717) is 0 Å². The largest absolute Gasteiger partial charge is 0.264 e. The molecular weight excluding hydrogens is 392 g/mol. The number of hydrogen-bond donors (Lipinski definition) is 0. The average molecular weight is 429 g/mol. The Morgan fingerprint density at radius 1 is 0.406 bits per heavy atom. The van der Waals surface area contributed by atoms with Crippen LogP contribution in [0.4, 0.5) is 0 Å². The minimum atomic E-state index is 1.08. The lowest BCUT2D eigenvalue weighted by Crippen LogP contribution is -1.77. The Hall–Kier alpha value is -3.40. The summed E-state index contributed by atoms with van der Waals surface area (Å²) in [5, 5.41) is 0. The fraction of sp³-hybridized carbons (Fsp3) is 0.286. The lowest BCUT2D eigenvalue weighted by Gasteiger charge is -1.88. The van der Waals surface area contributed by atoms with E-state index in [-0.39, 0.29) is 0 Å². The van der Waals surface area contributed by atoms with Crippen molar-refractivity contribution >= 4 is 0 Å². The highest BCUT2D eigenvalue weighted by Crippen LogP contribution is 1.95. The van der Waals surface area contributed by atoms with Crippen LogP contribution in [0.3, 0.4) is 0 Å². The third-order valence-electron chi connectivity index (χ3n) is 4.52. The molecule has 0 unspecified atom stereocenters. The molecule has 4 heterocycles. The number of aromatic nitrogens is 4. The number of rotatable bonds is 4. The Kier molecular flexibility index (Phi) is 15.3. The van der Waals surface area contributed by atoms with Crippen LogP contribution in [0, 0.1) is 0 Å². The maximum Gasteiger partial charge on any atom is 0.0299 e. The van der Waals surface area contributed by atoms with Gasteiger partial charge in [0.25, 0.3) is 0 Å². The van der Waals surface area contributed by atoms with E-state index < -0.39 is 0 Å². The van der Waals surface area contributed by atoms with Crippen LogP contribution in [-0.2, 0) is 25.7 Å².